The lowest BCUT2D eigenvalue weighted by Crippen LogP contribution is -2.27. The van der Waals surface area contributed by atoms with E-state index in [0.717, 1.165) is 12.8 Å². The number of imidazole rings is 1. The second kappa shape index (κ2) is 6.02. The summed E-state index contributed by atoms with van der Waals surface area (Å²) in [7, 11) is 0. The third kappa shape index (κ3) is 2.66. The molecule has 0 amide bonds. The molecular formula is C14H21N5O2S. The maximum absolute atomic E-state index is 10.5. The average Bonchev–Trinajstić information content (AvgIpc) is 3.01. The maximum Gasteiger partial charge on any atom is 0.167 e. The van der Waals surface area contributed by atoms with E-state index in [1.54, 1.807) is 10.9 Å². The van der Waals surface area contributed by atoms with Crippen LogP contribution in [0, 0.1) is 5.92 Å². The van der Waals surface area contributed by atoms with Crippen molar-refractivity contribution in [1.82, 2.24) is 19.5 Å². The van der Waals surface area contributed by atoms with Crippen molar-refractivity contribution in [3.63, 3.8) is 0 Å². The smallest absolute Gasteiger partial charge is 0.167 e. The largest absolute Gasteiger partial charge is 0.387 e. The molecule has 3 N–H and O–H groups in total. The number of aromatic nitrogens is 4. The summed E-state index contributed by atoms with van der Waals surface area (Å²) >= 11 is 4.52. The molecule has 0 unspecified atom stereocenters. The third-order valence-electron chi connectivity index (χ3n) is 4.03. The monoisotopic (exact) mass is 323 g/mol. The molecule has 0 bridgehead atoms. The Morgan fingerprint density at radius 3 is 2.91 bits per heavy atom. The Bertz CT molecular complexity index is 662. The van der Waals surface area contributed by atoms with Crippen LogP contribution < -0.4 is 5.73 Å². The summed E-state index contributed by atoms with van der Waals surface area (Å²) in [6.07, 6.45) is 3.47. The fraction of sp³-hybridized carbons (Fsp3) is 0.643. The molecule has 1 saturated heterocycles. The van der Waals surface area contributed by atoms with Crippen molar-refractivity contribution in [3.05, 3.63) is 12.7 Å². The first-order valence-corrected chi connectivity index (χ1v) is 7.95. The summed E-state index contributed by atoms with van der Waals surface area (Å²) in [6, 6.07) is 0. The van der Waals surface area contributed by atoms with Crippen LogP contribution >= 0.6 is 12.6 Å². The molecule has 0 radical (unpaired) electrons. The zero-order valence-corrected chi connectivity index (χ0v) is 13.5. The van der Waals surface area contributed by atoms with Crippen LogP contribution in [0.4, 0.5) is 5.82 Å². The van der Waals surface area contributed by atoms with Gasteiger partial charge >= 0.3 is 0 Å². The molecule has 22 heavy (non-hydrogen) atoms. The van der Waals surface area contributed by atoms with Crippen LogP contribution in [0.1, 0.15) is 32.9 Å². The highest BCUT2D eigenvalue weighted by atomic mass is 32.1. The quantitative estimate of drug-likeness (QED) is 0.736. The molecule has 0 spiro atoms. The highest BCUT2D eigenvalue weighted by molar-refractivity contribution is 7.81. The van der Waals surface area contributed by atoms with Crippen LogP contribution in [0.3, 0.4) is 0 Å². The molecule has 3 rings (SSSR count). The Morgan fingerprint density at radius 1 is 1.41 bits per heavy atom. The van der Waals surface area contributed by atoms with Gasteiger partial charge in [0.15, 0.2) is 17.7 Å². The summed E-state index contributed by atoms with van der Waals surface area (Å²) in [4.78, 5) is 12.3. The molecule has 120 valence electrons. The van der Waals surface area contributed by atoms with E-state index < -0.39 is 12.3 Å². The molecular weight excluding hydrogens is 302 g/mol. The van der Waals surface area contributed by atoms with Crippen molar-refractivity contribution in [1.29, 1.82) is 0 Å². The van der Waals surface area contributed by atoms with E-state index in [2.05, 4.69) is 41.4 Å². The van der Waals surface area contributed by atoms with Gasteiger partial charge in [0.2, 0.25) is 0 Å². The number of rotatable bonds is 4. The number of hydrogen-bond donors (Lipinski definition) is 3. The number of thiol groups is 1. The van der Waals surface area contributed by atoms with Crippen molar-refractivity contribution in [2.24, 2.45) is 5.92 Å². The molecule has 2 aromatic heterocycles. The second-order valence-electron chi connectivity index (χ2n) is 6.10. The van der Waals surface area contributed by atoms with Crippen molar-refractivity contribution >= 4 is 29.6 Å². The minimum Gasteiger partial charge on any atom is -0.387 e. The molecule has 0 saturated carbocycles. The second-order valence-corrected chi connectivity index (χ2v) is 6.70. The first-order chi connectivity index (χ1) is 10.5. The minimum absolute atomic E-state index is 0.0950. The van der Waals surface area contributed by atoms with E-state index in [9.17, 15) is 5.11 Å². The van der Waals surface area contributed by atoms with Gasteiger partial charge in [-0.05, 0) is 18.8 Å². The Kier molecular flexibility index (Phi) is 4.24. The number of fused-ring (bicyclic) bond motifs is 1. The average molecular weight is 323 g/mol. The fourth-order valence-corrected chi connectivity index (χ4v) is 3.12. The molecule has 3 heterocycles. The molecule has 1 fully saturated rings. The van der Waals surface area contributed by atoms with E-state index in [1.807, 2.05) is 0 Å². The molecule has 4 atom stereocenters. The fourth-order valence-electron chi connectivity index (χ4n) is 2.75. The van der Waals surface area contributed by atoms with Crippen molar-refractivity contribution in [2.45, 2.75) is 50.4 Å². The van der Waals surface area contributed by atoms with Gasteiger partial charge in [-0.15, -0.1) is 0 Å². The highest BCUT2D eigenvalue weighted by Crippen LogP contribution is 2.36. The van der Waals surface area contributed by atoms with Crippen LogP contribution in [-0.4, -0.2) is 42.1 Å². The van der Waals surface area contributed by atoms with E-state index in [-0.39, 0.29) is 11.4 Å². The van der Waals surface area contributed by atoms with Gasteiger partial charge in [0.25, 0.3) is 0 Å². The van der Waals surface area contributed by atoms with Gasteiger partial charge in [-0.3, -0.25) is 4.57 Å². The highest BCUT2D eigenvalue weighted by Gasteiger charge is 2.43. The van der Waals surface area contributed by atoms with Gasteiger partial charge in [0.05, 0.1) is 17.7 Å². The van der Waals surface area contributed by atoms with Gasteiger partial charge in [0, 0.05) is 0 Å². The van der Waals surface area contributed by atoms with E-state index in [4.69, 9.17) is 10.5 Å². The zero-order chi connectivity index (χ0) is 15.9. The van der Waals surface area contributed by atoms with Crippen LogP contribution in [0.2, 0.25) is 0 Å². The van der Waals surface area contributed by atoms with E-state index in [1.165, 1.54) is 6.33 Å². The van der Waals surface area contributed by atoms with Crippen molar-refractivity contribution in [3.8, 4) is 0 Å². The normalized spacial score (nSPS) is 28.8. The number of nitrogens with zero attached hydrogens (tertiary/aromatic N) is 4. The molecule has 8 heteroatoms. The number of aliphatic hydroxyl groups excluding tert-OH is 1. The lowest BCUT2D eigenvalue weighted by molar-refractivity contribution is -0.0378. The summed E-state index contributed by atoms with van der Waals surface area (Å²) in [5.41, 5.74) is 6.86. The summed E-state index contributed by atoms with van der Waals surface area (Å²) in [5, 5.41) is 10.2. The van der Waals surface area contributed by atoms with Gasteiger partial charge < -0.3 is 15.6 Å². The lowest BCUT2D eigenvalue weighted by Gasteiger charge is -2.17. The molecule has 1 aliphatic heterocycles. The Balaban J connectivity index is 1.86. The maximum atomic E-state index is 10.5. The molecule has 7 nitrogen and oxygen atoms in total. The van der Waals surface area contributed by atoms with Crippen LogP contribution in [0.5, 0.6) is 0 Å². The van der Waals surface area contributed by atoms with E-state index in [0.29, 0.717) is 22.9 Å². The molecule has 0 aromatic carbocycles. The van der Waals surface area contributed by atoms with Crippen LogP contribution in [-0.2, 0) is 4.74 Å². The number of hydrogen-bond acceptors (Lipinski definition) is 7. The number of aliphatic hydroxyl groups is 1. The SMILES string of the molecule is CC(C)CC[C@H]1O[C@@H](n2cnc3c(N)ncnc32)[C@H](O)[C@@H]1S. The summed E-state index contributed by atoms with van der Waals surface area (Å²) in [5.74, 6) is 0.900. The predicted molar refractivity (Wildman–Crippen MR) is 86.5 cm³/mol. The number of nitrogens with two attached hydrogens (primary N) is 1. The zero-order valence-electron chi connectivity index (χ0n) is 12.6. The predicted octanol–water partition coefficient (Wildman–Crippen LogP) is 1.40. The summed E-state index contributed by atoms with van der Waals surface area (Å²) in [6.45, 7) is 4.33. The van der Waals surface area contributed by atoms with Crippen LogP contribution in [0.25, 0.3) is 11.2 Å². The first-order valence-electron chi connectivity index (χ1n) is 7.43. The van der Waals surface area contributed by atoms with Crippen molar-refractivity contribution < 1.29 is 9.84 Å². The first kappa shape index (κ1) is 15.5. The topological polar surface area (TPSA) is 99.1 Å². The number of anilines is 1. The van der Waals surface area contributed by atoms with Crippen LogP contribution in [0.15, 0.2) is 12.7 Å². The number of ether oxygens (including phenoxy) is 1. The molecule has 0 aliphatic carbocycles. The summed E-state index contributed by atoms with van der Waals surface area (Å²) < 4.78 is 7.73. The Labute approximate surface area is 134 Å². The van der Waals surface area contributed by atoms with Crippen molar-refractivity contribution in [2.75, 3.05) is 5.73 Å². The third-order valence-corrected chi connectivity index (χ3v) is 4.66. The number of nitrogen functional groups attached to an aromatic ring is 1. The van der Waals surface area contributed by atoms with Gasteiger partial charge in [-0.2, -0.15) is 12.6 Å². The van der Waals surface area contributed by atoms with Gasteiger partial charge in [-0.25, -0.2) is 15.0 Å². The van der Waals surface area contributed by atoms with Gasteiger partial charge in [0.1, 0.15) is 17.9 Å². The van der Waals surface area contributed by atoms with Gasteiger partial charge in [-0.1, -0.05) is 13.8 Å². The van der Waals surface area contributed by atoms with E-state index >= 15 is 0 Å². The molecule has 1 aliphatic rings. The molecule has 2 aromatic rings. The minimum atomic E-state index is -0.728. The Hall–Kier alpha value is -1.38. The lowest BCUT2D eigenvalue weighted by atomic mass is 10.0. The standard InChI is InChI=1S/C14H21N5O2S/c1-7(2)3-4-8-11(22)10(20)14(21-8)19-6-18-9-12(15)16-5-17-13(9)19/h5-8,10-11,14,20,22H,3-4H2,1-2H3,(H2,15,16,17)/t8-,10-,11-,14-/m1/s1. The Morgan fingerprint density at radius 2 is 2.18 bits per heavy atom.